The molecule has 0 atom stereocenters. The normalized spacial score (nSPS) is 14.5. The van der Waals surface area contributed by atoms with E-state index in [1.807, 2.05) is 36.5 Å². The minimum Gasteiger partial charge on any atom is -0.492 e. The number of fused-ring (bicyclic) bond motifs is 4. The monoisotopic (exact) mass is 367 g/mol. The number of ether oxygens (including phenoxy) is 1. The van der Waals surface area contributed by atoms with E-state index in [1.165, 1.54) is 0 Å². The molecule has 1 aromatic carbocycles. The molecule has 4 rings (SSSR count). The highest BCUT2D eigenvalue weighted by molar-refractivity contribution is 5.78. The number of aliphatic hydroxyl groups excluding tert-OH is 1. The molecule has 2 N–H and O–H groups in total. The lowest BCUT2D eigenvalue weighted by Crippen LogP contribution is -2.38. The van der Waals surface area contributed by atoms with Crippen LogP contribution in [0.3, 0.4) is 0 Å². The standard InChI is InChI=1S/C19H21N5O3/c25-10-5-18(26)23-8-6-20-17-4-7-24-19(22-17)16(13-21-24)14-2-1-3-15(12-14)27-11-9-23/h1-4,7,12-13,25H,5-6,8-11H2,(H,20,22). The molecule has 2 aromatic heterocycles. The number of amides is 1. The van der Waals surface area contributed by atoms with Crippen molar-refractivity contribution in [2.45, 2.75) is 6.42 Å². The molecule has 3 aromatic rings. The molecule has 0 spiro atoms. The molecule has 0 radical (unpaired) electrons. The molecule has 1 aliphatic rings. The van der Waals surface area contributed by atoms with Gasteiger partial charge in [-0.2, -0.15) is 5.10 Å². The number of nitrogens with zero attached hydrogens (tertiary/aromatic N) is 4. The van der Waals surface area contributed by atoms with Gasteiger partial charge in [-0.25, -0.2) is 9.50 Å². The lowest BCUT2D eigenvalue weighted by Gasteiger charge is -2.23. The Bertz CT molecular complexity index is 955. The van der Waals surface area contributed by atoms with Crippen molar-refractivity contribution < 1.29 is 14.6 Å². The van der Waals surface area contributed by atoms with E-state index < -0.39 is 0 Å². The molecule has 0 saturated carbocycles. The van der Waals surface area contributed by atoms with Crippen molar-refractivity contribution in [3.8, 4) is 16.9 Å². The van der Waals surface area contributed by atoms with Crippen molar-refractivity contribution in [1.82, 2.24) is 19.5 Å². The van der Waals surface area contributed by atoms with E-state index in [9.17, 15) is 4.79 Å². The van der Waals surface area contributed by atoms with Crippen molar-refractivity contribution in [2.24, 2.45) is 0 Å². The van der Waals surface area contributed by atoms with Gasteiger partial charge in [-0.3, -0.25) is 4.79 Å². The number of rotatable bonds is 2. The van der Waals surface area contributed by atoms with Crippen molar-refractivity contribution in [2.75, 3.05) is 38.2 Å². The van der Waals surface area contributed by atoms with Crippen molar-refractivity contribution in [3.05, 3.63) is 42.7 Å². The highest BCUT2D eigenvalue weighted by Crippen LogP contribution is 2.27. The zero-order chi connectivity index (χ0) is 18.6. The summed E-state index contributed by atoms with van der Waals surface area (Å²) in [6, 6.07) is 9.62. The van der Waals surface area contributed by atoms with E-state index in [1.54, 1.807) is 15.6 Å². The SMILES string of the molecule is O=C(CCO)N1CCNc2ccn3ncc(c3n2)-c2cccc(c2)OCC1. The summed E-state index contributed by atoms with van der Waals surface area (Å²) < 4.78 is 7.59. The summed E-state index contributed by atoms with van der Waals surface area (Å²) in [6.45, 7) is 1.73. The quantitative estimate of drug-likeness (QED) is 0.712. The predicted molar refractivity (Wildman–Crippen MR) is 101 cm³/mol. The van der Waals surface area contributed by atoms with E-state index in [2.05, 4.69) is 15.4 Å². The molecule has 0 saturated heterocycles. The van der Waals surface area contributed by atoms with Gasteiger partial charge in [0.05, 0.1) is 19.3 Å². The first-order valence-corrected chi connectivity index (χ1v) is 8.95. The number of nitrogens with one attached hydrogen (secondary N) is 1. The highest BCUT2D eigenvalue weighted by Gasteiger charge is 2.15. The molecular formula is C19H21N5O3. The second-order valence-electron chi connectivity index (χ2n) is 6.30. The molecule has 0 aliphatic carbocycles. The van der Waals surface area contributed by atoms with Crippen molar-refractivity contribution in [1.29, 1.82) is 0 Å². The number of carbonyl (C=O) groups is 1. The number of hydrogen-bond donors (Lipinski definition) is 2. The highest BCUT2D eigenvalue weighted by atomic mass is 16.5. The fraction of sp³-hybridized carbons (Fsp3) is 0.316. The number of aromatic nitrogens is 3. The van der Waals surface area contributed by atoms with E-state index in [-0.39, 0.29) is 18.9 Å². The fourth-order valence-corrected chi connectivity index (χ4v) is 3.13. The molecular weight excluding hydrogens is 346 g/mol. The first-order chi connectivity index (χ1) is 13.2. The summed E-state index contributed by atoms with van der Waals surface area (Å²) in [5.74, 6) is 1.36. The Balaban J connectivity index is 1.69. The second kappa shape index (κ2) is 7.63. The third-order valence-corrected chi connectivity index (χ3v) is 4.51. The summed E-state index contributed by atoms with van der Waals surface area (Å²) in [4.78, 5) is 18.6. The van der Waals surface area contributed by atoms with Gasteiger partial charge in [0, 0.05) is 31.3 Å². The first kappa shape index (κ1) is 17.3. The van der Waals surface area contributed by atoms with Gasteiger partial charge in [0.1, 0.15) is 18.2 Å². The van der Waals surface area contributed by atoms with Crippen LogP contribution in [0.25, 0.3) is 16.8 Å². The van der Waals surface area contributed by atoms with Crippen LogP contribution < -0.4 is 10.1 Å². The number of hydrogen-bond acceptors (Lipinski definition) is 6. The van der Waals surface area contributed by atoms with Crippen LogP contribution in [0.4, 0.5) is 5.82 Å². The van der Waals surface area contributed by atoms with Crippen LogP contribution >= 0.6 is 0 Å². The third kappa shape index (κ3) is 3.70. The maximum atomic E-state index is 12.2. The van der Waals surface area contributed by atoms with Crippen LogP contribution in [0.15, 0.2) is 42.7 Å². The zero-order valence-corrected chi connectivity index (χ0v) is 14.8. The van der Waals surface area contributed by atoms with Gasteiger partial charge in [0.25, 0.3) is 0 Å². The fourth-order valence-electron chi connectivity index (χ4n) is 3.13. The number of benzene rings is 1. The van der Waals surface area contributed by atoms with Crippen LogP contribution in [0.5, 0.6) is 5.75 Å². The van der Waals surface area contributed by atoms with Crippen LogP contribution in [0, 0.1) is 0 Å². The Kier molecular flexibility index (Phi) is 4.88. The number of aliphatic hydroxyl groups is 1. The Morgan fingerprint density at radius 1 is 1.30 bits per heavy atom. The average Bonchev–Trinajstić information content (AvgIpc) is 3.10. The lowest BCUT2D eigenvalue weighted by atomic mass is 10.1. The van der Waals surface area contributed by atoms with Crippen LogP contribution in [0.2, 0.25) is 0 Å². The Labute approximate surface area is 156 Å². The van der Waals surface area contributed by atoms with Gasteiger partial charge in [0.2, 0.25) is 5.91 Å². The van der Waals surface area contributed by atoms with E-state index in [0.717, 1.165) is 28.3 Å². The van der Waals surface area contributed by atoms with Gasteiger partial charge in [-0.05, 0) is 23.8 Å². The molecule has 0 unspecified atom stereocenters. The number of carbonyl (C=O) groups excluding carboxylic acids is 1. The van der Waals surface area contributed by atoms with Gasteiger partial charge in [0.15, 0.2) is 5.65 Å². The summed E-state index contributed by atoms with van der Waals surface area (Å²) in [6.07, 6.45) is 3.76. The minimum atomic E-state index is -0.159. The van der Waals surface area contributed by atoms with Crippen LogP contribution in [0.1, 0.15) is 6.42 Å². The van der Waals surface area contributed by atoms with Crippen molar-refractivity contribution in [3.63, 3.8) is 0 Å². The third-order valence-electron chi connectivity index (χ3n) is 4.51. The molecule has 1 amide bonds. The lowest BCUT2D eigenvalue weighted by molar-refractivity contribution is -0.132. The molecule has 140 valence electrons. The molecule has 8 heteroatoms. The first-order valence-electron chi connectivity index (χ1n) is 8.95. The Morgan fingerprint density at radius 2 is 2.22 bits per heavy atom. The van der Waals surface area contributed by atoms with Gasteiger partial charge < -0.3 is 20.1 Å². The van der Waals surface area contributed by atoms with Crippen molar-refractivity contribution >= 4 is 17.4 Å². The zero-order valence-electron chi connectivity index (χ0n) is 14.8. The van der Waals surface area contributed by atoms with Crippen LogP contribution in [-0.2, 0) is 4.79 Å². The molecule has 3 heterocycles. The van der Waals surface area contributed by atoms with Gasteiger partial charge in [-0.15, -0.1) is 0 Å². The molecule has 8 nitrogen and oxygen atoms in total. The summed E-state index contributed by atoms with van der Waals surface area (Å²) in [5, 5.41) is 16.7. The topological polar surface area (TPSA) is 92.0 Å². The maximum Gasteiger partial charge on any atom is 0.225 e. The van der Waals surface area contributed by atoms with E-state index in [4.69, 9.17) is 9.84 Å². The predicted octanol–water partition coefficient (Wildman–Crippen LogP) is 1.41. The van der Waals surface area contributed by atoms with Gasteiger partial charge >= 0.3 is 0 Å². The second-order valence-corrected chi connectivity index (χ2v) is 6.30. The van der Waals surface area contributed by atoms with E-state index in [0.29, 0.717) is 26.2 Å². The molecule has 1 aliphatic heterocycles. The Hall–Kier alpha value is -3.13. The average molecular weight is 367 g/mol. The summed E-state index contributed by atoms with van der Waals surface area (Å²) in [7, 11) is 0. The van der Waals surface area contributed by atoms with E-state index >= 15 is 0 Å². The Morgan fingerprint density at radius 3 is 3.11 bits per heavy atom. The van der Waals surface area contributed by atoms with Gasteiger partial charge in [-0.1, -0.05) is 12.1 Å². The number of anilines is 1. The minimum absolute atomic E-state index is 0.0924. The molecule has 4 bridgehead atoms. The smallest absolute Gasteiger partial charge is 0.225 e. The summed E-state index contributed by atoms with van der Waals surface area (Å²) >= 11 is 0. The maximum absolute atomic E-state index is 12.2. The van der Waals surface area contributed by atoms with Crippen LogP contribution in [-0.4, -0.2) is 63.4 Å². The molecule has 0 fully saturated rings. The summed E-state index contributed by atoms with van der Waals surface area (Å²) in [5.41, 5.74) is 2.65. The molecule has 27 heavy (non-hydrogen) atoms. The largest absolute Gasteiger partial charge is 0.492 e.